The molecule has 2 rings (SSSR count). The van der Waals surface area contributed by atoms with Gasteiger partial charge in [-0.05, 0) is 24.3 Å². The summed E-state index contributed by atoms with van der Waals surface area (Å²) >= 11 is 3.36. The van der Waals surface area contributed by atoms with Crippen molar-refractivity contribution in [3.8, 4) is 5.75 Å². The zero-order chi connectivity index (χ0) is 17.7. The van der Waals surface area contributed by atoms with Gasteiger partial charge in [-0.15, -0.1) is 0 Å². The molecule has 9 heteroatoms. The first-order valence-electron chi connectivity index (χ1n) is 7.75. The van der Waals surface area contributed by atoms with Gasteiger partial charge in [0.2, 0.25) is 0 Å². The van der Waals surface area contributed by atoms with Crippen LogP contribution >= 0.6 is 15.9 Å². The van der Waals surface area contributed by atoms with Gasteiger partial charge < -0.3 is 9.84 Å². The van der Waals surface area contributed by atoms with Crippen LogP contribution in [-0.4, -0.2) is 86.6 Å². The maximum atomic E-state index is 12.1. The summed E-state index contributed by atoms with van der Waals surface area (Å²) in [6.45, 7) is 2.73. The first-order chi connectivity index (χ1) is 11.3. The van der Waals surface area contributed by atoms with Gasteiger partial charge in [0, 0.05) is 51.3 Å². The average molecular weight is 422 g/mol. The lowest BCUT2D eigenvalue weighted by Gasteiger charge is -2.35. The Balaban J connectivity index is 1.74. The van der Waals surface area contributed by atoms with Gasteiger partial charge in [-0.3, -0.25) is 4.90 Å². The minimum Gasteiger partial charge on any atom is -0.491 e. The molecule has 1 unspecified atom stereocenters. The van der Waals surface area contributed by atoms with Crippen LogP contribution < -0.4 is 4.74 Å². The number of halogens is 1. The third-order valence-electron chi connectivity index (χ3n) is 3.84. The van der Waals surface area contributed by atoms with Gasteiger partial charge >= 0.3 is 0 Å². The van der Waals surface area contributed by atoms with Gasteiger partial charge in [0.1, 0.15) is 18.5 Å². The van der Waals surface area contributed by atoms with Gasteiger partial charge in [0.15, 0.2) is 0 Å². The molecule has 1 aromatic rings. The molecule has 7 nitrogen and oxygen atoms in total. The van der Waals surface area contributed by atoms with Crippen LogP contribution in [0.5, 0.6) is 5.75 Å². The van der Waals surface area contributed by atoms with E-state index >= 15 is 0 Å². The fraction of sp³-hybridized carbons (Fsp3) is 0.600. The molecule has 1 atom stereocenters. The average Bonchev–Trinajstić information content (AvgIpc) is 2.54. The van der Waals surface area contributed by atoms with Crippen molar-refractivity contribution in [1.82, 2.24) is 13.5 Å². The number of piperazine rings is 1. The molecule has 1 fully saturated rings. The highest BCUT2D eigenvalue weighted by atomic mass is 79.9. The van der Waals surface area contributed by atoms with E-state index in [-0.39, 0.29) is 6.61 Å². The molecule has 0 radical (unpaired) electrons. The number of β-amino-alcohol motifs (C(OH)–C–C–N with tert-alkyl or cyclic N) is 1. The van der Waals surface area contributed by atoms with Crippen molar-refractivity contribution in [2.75, 3.05) is 53.4 Å². The maximum absolute atomic E-state index is 12.1. The highest BCUT2D eigenvalue weighted by Crippen LogP contribution is 2.16. The normalized spacial score (nSPS) is 18.7. The third kappa shape index (κ3) is 5.40. The monoisotopic (exact) mass is 421 g/mol. The predicted octanol–water partition coefficient (Wildman–Crippen LogP) is 0.613. The molecular formula is C15H24BrN3O4S. The number of nitrogens with zero attached hydrogens (tertiary/aromatic N) is 3. The quantitative estimate of drug-likeness (QED) is 0.698. The first kappa shape index (κ1) is 19.6. The predicted molar refractivity (Wildman–Crippen MR) is 96.3 cm³/mol. The molecule has 0 bridgehead atoms. The second-order valence-electron chi connectivity index (χ2n) is 5.91. The van der Waals surface area contributed by atoms with Crippen molar-refractivity contribution >= 4 is 26.1 Å². The highest BCUT2D eigenvalue weighted by molar-refractivity contribution is 9.10. The van der Waals surface area contributed by atoms with Gasteiger partial charge in [0.25, 0.3) is 10.2 Å². The Bertz CT molecular complexity index is 616. The van der Waals surface area contributed by atoms with E-state index in [0.717, 1.165) is 4.47 Å². The molecule has 1 saturated heterocycles. The largest absolute Gasteiger partial charge is 0.491 e. The molecule has 1 aliphatic rings. The summed E-state index contributed by atoms with van der Waals surface area (Å²) in [5.74, 6) is 0.708. The van der Waals surface area contributed by atoms with Crippen molar-refractivity contribution in [3.63, 3.8) is 0 Å². The molecule has 1 aromatic carbocycles. The number of hydrogen-bond donors (Lipinski definition) is 1. The number of aliphatic hydroxyl groups is 1. The fourth-order valence-electron chi connectivity index (χ4n) is 2.45. The van der Waals surface area contributed by atoms with Crippen molar-refractivity contribution in [1.29, 1.82) is 0 Å². The minimum absolute atomic E-state index is 0.206. The molecule has 1 heterocycles. The lowest BCUT2D eigenvalue weighted by Crippen LogP contribution is -2.53. The van der Waals surface area contributed by atoms with E-state index in [4.69, 9.17) is 4.74 Å². The van der Waals surface area contributed by atoms with Crippen molar-refractivity contribution in [2.45, 2.75) is 6.10 Å². The molecule has 0 saturated carbocycles. The zero-order valence-corrected chi connectivity index (χ0v) is 16.3. The first-order valence-corrected chi connectivity index (χ1v) is 9.94. The number of benzene rings is 1. The van der Waals surface area contributed by atoms with E-state index in [1.165, 1.54) is 22.7 Å². The van der Waals surface area contributed by atoms with Crippen LogP contribution in [0.15, 0.2) is 28.7 Å². The van der Waals surface area contributed by atoms with Crippen LogP contribution in [0.1, 0.15) is 0 Å². The topological polar surface area (TPSA) is 73.3 Å². The summed E-state index contributed by atoms with van der Waals surface area (Å²) in [6, 6.07) is 7.43. The summed E-state index contributed by atoms with van der Waals surface area (Å²) in [6.07, 6.45) is -0.620. The molecular weight excluding hydrogens is 398 g/mol. The van der Waals surface area contributed by atoms with Crippen molar-refractivity contribution in [3.05, 3.63) is 28.7 Å². The van der Waals surface area contributed by atoms with Crippen LogP contribution in [0.25, 0.3) is 0 Å². The SMILES string of the molecule is CN(C)S(=O)(=O)N1CCN(CC(O)COc2ccc(Br)cc2)CC1. The second-order valence-corrected chi connectivity index (χ2v) is 8.97. The van der Waals surface area contributed by atoms with E-state index in [0.29, 0.717) is 38.5 Å². The zero-order valence-electron chi connectivity index (χ0n) is 13.9. The lowest BCUT2D eigenvalue weighted by molar-refractivity contribution is 0.0564. The fourth-order valence-corrected chi connectivity index (χ4v) is 3.80. The Morgan fingerprint density at radius 1 is 1.21 bits per heavy atom. The standard InChI is InChI=1S/C15H24BrN3O4S/c1-17(2)24(21,22)19-9-7-18(8-10-19)11-14(20)12-23-15-5-3-13(16)4-6-15/h3-6,14,20H,7-12H2,1-2H3. The van der Waals surface area contributed by atoms with Crippen LogP contribution in [0.3, 0.4) is 0 Å². The Morgan fingerprint density at radius 3 is 2.33 bits per heavy atom. The molecule has 0 aromatic heterocycles. The maximum Gasteiger partial charge on any atom is 0.281 e. The molecule has 136 valence electrons. The summed E-state index contributed by atoms with van der Waals surface area (Å²) in [5.41, 5.74) is 0. The van der Waals surface area contributed by atoms with Gasteiger partial charge in [-0.1, -0.05) is 15.9 Å². The molecule has 24 heavy (non-hydrogen) atoms. The summed E-state index contributed by atoms with van der Waals surface area (Å²) in [4.78, 5) is 2.05. The van der Waals surface area contributed by atoms with Crippen LogP contribution in [0.2, 0.25) is 0 Å². The van der Waals surface area contributed by atoms with E-state index < -0.39 is 16.3 Å². The van der Waals surface area contributed by atoms with Gasteiger partial charge in [-0.2, -0.15) is 17.0 Å². The highest BCUT2D eigenvalue weighted by Gasteiger charge is 2.29. The Kier molecular flexibility index (Phi) is 7.02. The van der Waals surface area contributed by atoms with E-state index in [9.17, 15) is 13.5 Å². The van der Waals surface area contributed by atoms with E-state index in [1.807, 2.05) is 24.3 Å². The summed E-state index contributed by atoms with van der Waals surface area (Å²) in [7, 11) is -0.287. The van der Waals surface area contributed by atoms with Gasteiger partial charge in [-0.25, -0.2) is 0 Å². The van der Waals surface area contributed by atoms with E-state index in [2.05, 4.69) is 20.8 Å². The van der Waals surface area contributed by atoms with Crippen molar-refractivity contribution in [2.24, 2.45) is 0 Å². The minimum atomic E-state index is -3.35. The summed E-state index contributed by atoms with van der Waals surface area (Å²) in [5, 5.41) is 10.1. The van der Waals surface area contributed by atoms with E-state index in [1.54, 1.807) is 0 Å². The summed E-state index contributed by atoms with van der Waals surface area (Å²) < 4.78 is 33.3. The third-order valence-corrected chi connectivity index (χ3v) is 6.31. The molecule has 0 amide bonds. The van der Waals surface area contributed by atoms with Gasteiger partial charge in [0.05, 0.1) is 0 Å². The van der Waals surface area contributed by atoms with Crippen molar-refractivity contribution < 1.29 is 18.3 Å². The molecule has 1 N–H and O–H groups in total. The van der Waals surface area contributed by atoms with Crippen LogP contribution in [0.4, 0.5) is 0 Å². The Labute approximate surface area is 152 Å². The Morgan fingerprint density at radius 2 is 1.79 bits per heavy atom. The number of hydrogen-bond acceptors (Lipinski definition) is 5. The Hall–Kier alpha value is -0.710. The number of aliphatic hydroxyl groups excluding tert-OH is 1. The number of rotatable bonds is 7. The second kappa shape index (κ2) is 8.59. The lowest BCUT2D eigenvalue weighted by atomic mass is 10.3. The molecule has 0 aliphatic carbocycles. The molecule has 1 aliphatic heterocycles. The number of ether oxygens (including phenoxy) is 1. The van der Waals surface area contributed by atoms with Crippen LogP contribution in [0, 0.1) is 0 Å². The smallest absolute Gasteiger partial charge is 0.281 e. The van der Waals surface area contributed by atoms with Crippen LogP contribution in [-0.2, 0) is 10.2 Å². The molecule has 0 spiro atoms.